The van der Waals surface area contributed by atoms with E-state index in [0.717, 1.165) is 42.9 Å². The summed E-state index contributed by atoms with van der Waals surface area (Å²) in [5, 5.41) is 13.6. The van der Waals surface area contributed by atoms with Crippen LogP contribution in [-0.4, -0.2) is 44.4 Å². The molecular weight excluding hydrogens is 306 g/mol. The van der Waals surface area contributed by atoms with Crippen LogP contribution in [0.2, 0.25) is 0 Å². The van der Waals surface area contributed by atoms with Gasteiger partial charge in [0.1, 0.15) is 5.82 Å². The van der Waals surface area contributed by atoms with E-state index in [1.165, 1.54) is 0 Å². The highest BCUT2D eigenvalue weighted by Gasteiger charge is 2.18. The van der Waals surface area contributed by atoms with Crippen LogP contribution < -0.4 is 4.90 Å². The first-order chi connectivity index (χ1) is 11.8. The number of nitrogens with zero attached hydrogens (tertiary/aromatic N) is 5. The van der Waals surface area contributed by atoms with Gasteiger partial charge in [0.05, 0.1) is 11.7 Å². The van der Waals surface area contributed by atoms with E-state index < -0.39 is 0 Å². The lowest BCUT2D eigenvalue weighted by molar-refractivity contribution is 0.145. The fourth-order valence-corrected chi connectivity index (χ4v) is 2.75. The zero-order chi connectivity index (χ0) is 16.4. The van der Waals surface area contributed by atoms with E-state index in [4.69, 9.17) is 4.52 Å². The molecule has 0 spiro atoms. The first-order valence-corrected chi connectivity index (χ1v) is 7.93. The van der Waals surface area contributed by atoms with E-state index in [1.807, 2.05) is 24.3 Å². The zero-order valence-corrected chi connectivity index (χ0v) is 13.0. The van der Waals surface area contributed by atoms with Crippen molar-refractivity contribution in [2.24, 2.45) is 0 Å². The number of pyridine rings is 2. The second-order valence-electron chi connectivity index (χ2n) is 5.79. The molecule has 0 saturated carbocycles. The Labute approximate surface area is 139 Å². The molecule has 3 aromatic rings. The fourth-order valence-electron chi connectivity index (χ4n) is 2.75. The highest BCUT2D eigenvalue weighted by Crippen LogP contribution is 2.24. The summed E-state index contributed by atoms with van der Waals surface area (Å²) in [6.45, 7) is 1.64. The van der Waals surface area contributed by atoms with Crippen molar-refractivity contribution in [3.05, 3.63) is 42.9 Å². The number of aliphatic hydroxyl groups excluding tert-OH is 1. The Hall–Kier alpha value is -2.80. The van der Waals surface area contributed by atoms with Crippen molar-refractivity contribution in [1.82, 2.24) is 20.1 Å². The van der Waals surface area contributed by atoms with Crippen molar-refractivity contribution in [3.63, 3.8) is 0 Å². The molecule has 24 heavy (non-hydrogen) atoms. The van der Waals surface area contributed by atoms with Crippen LogP contribution in [0, 0.1) is 0 Å². The molecule has 0 amide bonds. The van der Waals surface area contributed by atoms with Gasteiger partial charge < -0.3 is 14.5 Å². The topological polar surface area (TPSA) is 88.2 Å². The van der Waals surface area contributed by atoms with Crippen molar-refractivity contribution in [1.29, 1.82) is 0 Å². The number of anilines is 1. The summed E-state index contributed by atoms with van der Waals surface area (Å²) in [6, 6.07) is 7.58. The first-order valence-electron chi connectivity index (χ1n) is 7.93. The molecule has 1 saturated heterocycles. The summed E-state index contributed by atoms with van der Waals surface area (Å²) in [5.41, 5.74) is 1.59. The monoisotopic (exact) mass is 323 g/mol. The molecule has 7 nitrogen and oxygen atoms in total. The van der Waals surface area contributed by atoms with E-state index >= 15 is 0 Å². The summed E-state index contributed by atoms with van der Waals surface area (Å²) in [7, 11) is 0. The van der Waals surface area contributed by atoms with E-state index in [9.17, 15) is 5.11 Å². The lowest BCUT2D eigenvalue weighted by atomic mass is 10.1. The zero-order valence-electron chi connectivity index (χ0n) is 13.0. The van der Waals surface area contributed by atoms with Gasteiger partial charge in [-0.25, -0.2) is 4.98 Å². The third kappa shape index (κ3) is 2.98. The van der Waals surface area contributed by atoms with Crippen molar-refractivity contribution in [2.45, 2.75) is 18.9 Å². The van der Waals surface area contributed by atoms with Crippen LogP contribution in [0.5, 0.6) is 0 Å². The molecule has 122 valence electrons. The Bertz CT molecular complexity index is 795. The van der Waals surface area contributed by atoms with Gasteiger partial charge >= 0.3 is 0 Å². The van der Waals surface area contributed by atoms with Gasteiger partial charge in [-0.2, -0.15) is 4.98 Å². The Kier molecular flexibility index (Phi) is 3.92. The second-order valence-corrected chi connectivity index (χ2v) is 5.79. The molecular formula is C17H17N5O2. The molecule has 4 heterocycles. The molecule has 3 aromatic heterocycles. The van der Waals surface area contributed by atoms with Crippen molar-refractivity contribution < 1.29 is 9.63 Å². The van der Waals surface area contributed by atoms with Gasteiger partial charge in [0.2, 0.25) is 5.82 Å². The molecule has 0 atom stereocenters. The van der Waals surface area contributed by atoms with Crippen LogP contribution in [0.4, 0.5) is 5.82 Å². The molecule has 0 aromatic carbocycles. The van der Waals surface area contributed by atoms with Crippen LogP contribution in [-0.2, 0) is 0 Å². The summed E-state index contributed by atoms with van der Waals surface area (Å²) in [6.07, 6.45) is 6.50. The molecule has 1 fully saturated rings. The van der Waals surface area contributed by atoms with Crippen LogP contribution in [0.15, 0.2) is 47.4 Å². The number of aliphatic hydroxyl groups is 1. The average Bonchev–Trinajstić information content (AvgIpc) is 3.13. The highest BCUT2D eigenvalue weighted by molar-refractivity contribution is 5.59. The number of hydrogen-bond acceptors (Lipinski definition) is 7. The molecule has 7 heteroatoms. The van der Waals surface area contributed by atoms with Crippen LogP contribution in [0.25, 0.3) is 22.8 Å². The molecule has 1 aliphatic heterocycles. The Morgan fingerprint density at radius 3 is 2.67 bits per heavy atom. The maximum atomic E-state index is 9.58. The van der Waals surface area contributed by atoms with Gasteiger partial charge in [0.25, 0.3) is 5.89 Å². The molecule has 0 aliphatic carbocycles. The summed E-state index contributed by atoms with van der Waals surface area (Å²) in [4.78, 5) is 15.1. The normalized spacial score (nSPS) is 15.6. The van der Waals surface area contributed by atoms with Crippen LogP contribution in [0.3, 0.4) is 0 Å². The largest absolute Gasteiger partial charge is 0.393 e. The summed E-state index contributed by atoms with van der Waals surface area (Å²) in [5.74, 6) is 1.84. The van der Waals surface area contributed by atoms with Crippen LogP contribution >= 0.6 is 0 Å². The van der Waals surface area contributed by atoms with E-state index in [2.05, 4.69) is 25.0 Å². The standard InChI is InChI=1S/C17H17N5O2/c23-14-5-8-22(9-6-14)15-4-3-13(11-19-15)17-20-16(21-24-17)12-2-1-7-18-10-12/h1-4,7,10-11,14,23H,5-6,8-9H2. The van der Waals surface area contributed by atoms with Crippen molar-refractivity contribution in [3.8, 4) is 22.8 Å². The second kappa shape index (κ2) is 6.37. The first kappa shape index (κ1) is 14.8. The summed E-state index contributed by atoms with van der Waals surface area (Å²) >= 11 is 0. The number of aromatic nitrogens is 4. The van der Waals surface area contributed by atoms with Gasteiger partial charge in [0.15, 0.2) is 0 Å². The Morgan fingerprint density at radius 2 is 1.96 bits per heavy atom. The summed E-state index contributed by atoms with van der Waals surface area (Å²) < 4.78 is 5.33. The maximum Gasteiger partial charge on any atom is 0.259 e. The number of piperidine rings is 1. The highest BCUT2D eigenvalue weighted by atomic mass is 16.5. The van der Waals surface area contributed by atoms with Gasteiger partial charge in [-0.15, -0.1) is 0 Å². The smallest absolute Gasteiger partial charge is 0.259 e. The van der Waals surface area contributed by atoms with E-state index in [0.29, 0.717) is 11.7 Å². The Morgan fingerprint density at radius 1 is 1.08 bits per heavy atom. The fraction of sp³-hybridized carbons (Fsp3) is 0.294. The lowest BCUT2D eigenvalue weighted by Crippen LogP contribution is -2.36. The quantitative estimate of drug-likeness (QED) is 0.790. The molecule has 4 rings (SSSR count). The van der Waals surface area contributed by atoms with Gasteiger partial charge in [-0.1, -0.05) is 5.16 Å². The van der Waals surface area contributed by atoms with E-state index in [1.54, 1.807) is 18.6 Å². The molecule has 0 bridgehead atoms. The minimum Gasteiger partial charge on any atom is -0.393 e. The van der Waals surface area contributed by atoms with E-state index in [-0.39, 0.29) is 6.10 Å². The Balaban J connectivity index is 1.52. The molecule has 0 radical (unpaired) electrons. The third-order valence-electron chi connectivity index (χ3n) is 4.13. The minimum atomic E-state index is -0.190. The van der Waals surface area contributed by atoms with Gasteiger partial charge in [-0.05, 0) is 37.1 Å². The van der Waals surface area contributed by atoms with Gasteiger partial charge in [-0.3, -0.25) is 4.98 Å². The van der Waals surface area contributed by atoms with Gasteiger partial charge in [0, 0.05) is 37.2 Å². The number of hydrogen-bond donors (Lipinski definition) is 1. The minimum absolute atomic E-state index is 0.190. The number of rotatable bonds is 3. The van der Waals surface area contributed by atoms with Crippen molar-refractivity contribution >= 4 is 5.82 Å². The average molecular weight is 323 g/mol. The SMILES string of the molecule is OC1CCN(c2ccc(-c3nc(-c4cccnc4)no3)cn2)CC1. The molecule has 1 aliphatic rings. The molecule has 1 N–H and O–H groups in total. The predicted octanol–water partition coefficient (Wildman–Crippen LogP) is 2.15. The van der Waals surface area contributed by atoms with Crippen molar-refractivity contribution in [2.75, 3.05) is 18.0 Å². The third-order valence-corrected chi connectivity index (χ3v) is 4.13. The predicted molar refractivity (Wildman–Crippen MR) is 88.2 cm³/mol. The van der Waals surface area contributed by atoms with Crippen LogP contribution in [0.1, 0.15) is 12.8 Å². The maximum absolute atomic E-state index is 9.58. The molecule has 0 unspecified atom stereocenters. The lowest BCUT2D eigenvalue weighted by Gasteiger charge is -2.30.